The van der Waals surface area contributed by atoms with Gasteiger partial charge in [-0.05, 0) is 24.6 Å². The Morgan fingerprint density at radius 3 is 2.84 bits per heavy atom. The van der Waals surface area contributed by atoms with Gasteiger partial charge in [0.05, 0.1) is 5.56 Å². The lowest BCUT2D eigenvalue weighted by molar-refractivity contribution is 0.425. The highest BCUT2D eigenvalue weighted by atomic mass is 16.5. The highest BCUT2D eigenvalue weighted by molar-refractivity contribution is 5.64. The van der Waals surface area contributed by atoms with Crippen molar-refractivity contribution in [1.82, 2.24) is 19.7 Å². The SMILES string of the molecule is Cc1ccc(-c2nc(-c3nccn3C)no2)c(O)c1. The average Bonchev–Trinajstić information content (AvgIpc) is 2.97. The summed E-state index contributed by atoms with van der Waals surface area (Å²) in [6, 6.07) is 5.28. The third-order valence-corrected chi connectivity index (χ3v) is 2.83. The Balaban J connectivity index is 2.04. The molecule has 0 radical (unpaired) electrons. The standard InChI is InChI=1S/C13H12N4O2/c1-8-3-4-9(10(18)7-8)13-15-11(16-19-13)12-14-5-6-17(12)2/h3-7,18H,1-2H3. The largest absolute Gasteiger partial charge is 0.507 e. The van der Waals surface area contributed by atoms with Gasteiger partial charge in [0.2, 0.25) is 5.82 Å². The van der Waals surface area contributed by atoms with Crippen molar-refractivity contribution in [1.29, 1.82) is 0 Å². The molecule has 0 amide bonds. The Hall–Kier alpha value is -2.63. The monoisotopic (exact) mass is 256 g/mol. The molecule has 6 heteroatoms. The molecule has 2 heterocycles. The summed E-state index contributed by atoms with van der Waals surface area (Å²) in [6.45, 7) is 1.90. The Morgan fingerprint density at radius 2 is 2.16 bits per heavy atom. The van der Waals surface area contributed by atoms with Crippen molar-refractivity contribution in [2.45, 2.75) is 6.92 Å². The Morgan fingerprint density at radius 1 is 1.32 bits per heavy atom. The lowest BCUT2D eigenvalue weighted by Gasteiger charge is -1.99. The van der Waals surface area contributed by atoms with Crippen LogP contribution in [0.5, 0.6) is 5.75 Å². The van der Waals surface area contributed by atoms with Gasteiger partial charge in [-0.2, -0.15) is 4.98 Å². The second-order valence-corrected chi connectivity index (χ2v) is 4.31. The maximum atomic E-state index is 9.89. The molecule has 0 aliphatic carbocycles. The van der Waals surface area contributed by atoms with Crippen molar-refractivity contribution < 1.29 is 9.63 Å². The van der Waals surface area contributed by atoms with Gasteiger partial charge in [-0.3, -0.25) is 0 Å². The number of aromatic hydroxyl groups is 1. The first-order valence-electron chi connectivity index (χ1n) is 5.76. The average molecular weight is 256 g/mol. The van der Waals surface area contributed by atoms with E-state index in [0.29, 0.717) is 17.2 Å². The number of phenols is 1. The second-order valence-electron chi connectivity index (χ2n) is 4.31. The van der Waals surface area contributed by atoms with Crippen LogP contribution in [0.1, 0.15) is 5.56 Å². The minimum absolute atomic E-state index is 0.120. The van der Waals surface area contributed by atoms with Crippen LogP contribution in [0.25, 0.3) is 23.1 Å². The quantitative estimate of drug-likeness (QED) is 0.760. The van der Waals surface area contributed by atoms with E-state index in [1.165, 1.54) is 0 Å². The van der Waals surface area contributed by atoms with Gasteiger partial charge >= 0.3 is 0 Å². The van der Waals surface area contributed by atoms with Crippen LogP contribution < -0.4 is 0 Å². The topological polar surface area (TPSA) is 77.0 Å². The van der Waals surface area contributed by atoms with E-state index in [1.54, 1.807) is 29.1 Å². The summed E-state index contributed by atoms with van der Waals surface area (Å²) in [5.41, 5.74) is 1.48. The van der Waals surface area contributed by atoms with Crippen molar-refractivity contribution in [3.05, 3.63) is 36.2 Å². The summed E-state index contributed by atoms with van der Waals surface area (Å²) in [4.78, 5) is 8.40. The molecule has 1 N–H and O–H groups in total. The van der Waals surface area contributed by atoms with Gasteiger partial charge in [-0.25, -0.2) is 4.98 Å². The molecular formula is C13H12N4O2. The number of hydrogen-bond donors (Lipinski definition) is 1. The number of nitrogens with zero attached hydrogens (tertiary/aromatic N) is 4. The molecule has 96 valence electrons. The molecule has 0 saturated heterocycles. The van der Waals surface area contributed by atoms with Gasteiger partial charge in [-0.15, -0.1) is 0 Å². The van der Waals surface area contributed by atoms with E-state index in [4.69, 9.17) is 4.52 Å². The first-order chi connectivity index (χ1) is 9.15. The van der Waals surface area contributed by atoms with Gasteiger partial charge in [0, 0.05) is 19.4 Å². The summed E-state index contributed by atoms with van der Waals surface area (Å²) < 4.78 is 6.97. The molecule has 0 bridgehead atoms. The fourth-order valence-electron chi connectivity index (χ4n) is 1.83. The highest BCUT2D eigenvalue weighted by Crippen LogP contribution is 2.29. The smallest absolute Gasteiger partial charge is 0.262 e. The molecule has 19 heavy (non-hydrogen) atoms. The van der Waals surface area contributed by atoms with Crippen molar-refractivity contribution in [2.24, 2.45) is 7.05 Å². The normalized spacial score (nSPS) is 10.8. The number of aryl methyl sites for hydroxylation is 2. The number of benzene rings is 1. The fraction of sp³-hybridized carbons (Fsp3) is 0.154. The van der Waals surface area contributed by atoms with Gasteiger partial charge in [-0.1, -0.05) is 11.2 Å². The maximum absolute atomic E-state index is 9.89. The maximum Gasteiger partial charge on any atom is 0.262 e. The van der Waals surface area contributed by atoms with Crippen LogP contribution in [0, 0.1) is 6.92 Å². The molecule has 6 nitrogen and oxygen atoms in total. The molecular weight excluding hydrogens is 244 g/mol. The Labute approximate surface area is 109 Å². The van der Waals surface area contributed by atoms with Crippen LogP contribution in [0.4, 0.5) is 0 Å². The summed E-state index contributed by atoms with van der Waals surface area (Å²) in [5, 5.41) is 13.8. The Bertz CT molecular complexity index is 730. The summed E-state index contributed by atoms with van der Waals surface area (Å²) in [7, 11) is 1.85. The predicted molar refractivity (Wildman–Crippen MR) is 68.3 cm³/mol. The number of phenolic OH excluding ortho intramolecular Hbond substituents is 1. The van der Waals surface area contributed by atoms with Crippen LogP contribution in [0.3, 0.4) is 0 Å². The first-order valence-corrected chi connectivity index (χ1v) is 5.76. The second kappa shape index (κ2) is 4.24. The van der Waals surface area contributed by atoms with Crippen LogP contribution in [-0.4, -0.2) is 24.8 Å². The van der Waals surface area contributed by atoms with Gasteiger partial charge in [0.25, 0.3) is 5.89 Å². The van der Waals surface area contributed by atoms with Crippen molar-refractivity contribution >= 4 is 0 Å². The Kier molecular flexibility index (Phi) is 2.56. The van der Waals surface area contributed by atoms with Crippen LogP contribution >= 0.6 is 0 Å². The van der Waals surface area contributed by atoms with E-state index in [-0.39, 0.29) is 11.6 Å². The van der Waals surface area contributed by atoms with E-state index >= 15 is 0 Å². The van der Waals surface area contributed by atoms with Gasteiger partial charge in [0.15, 0.2) is 5.82 Å². The number of hydrogen-bond acceptors (Lipinski definition) is 5. The molecule has 0 unspecified atom stereocenters. The van der Waals surface area contributed by atoms with Gasteiger partial charge in [0.1, 0.15) is 5.75 Å². The minimum Gasteiger partial charge on any atom is -0.507 e. The molecule has 1 aromatic carbocycles. The van der Waals surface area contributed by atoms with Crippen LogP contribution in [0.15, 0.2) is 35.1 Å². The van der Waals surface area contributed by atoms with E-state index in [9.17, 15) is 5.11 Å². The molecule has 3 aromatic rings. The van der Waals surface area contributed by atoms with Crippen molar-refractivity contribution in [3.8, 4) is 28.9 Å². The predicted octanol–water partition coefficient (Wildman–Crippen LogP) is 2.15. The first kappa shape index (κ1) is 11.5. The molecule has 0 saturated carbocycles. The molecule has 0 aliphatic rings. The molecule has 0 aliphatic heterocycles. The fourth-order valence-corrected chi connectivity index (χ4v) is 1.83. The molecule has 2 aromatic heterocycles. The summed E-state index contributed by atoms with van der Waals surface area (Å²) in [6.07, 6.45) is 3.46. The minimum atomic E-state index is 0.120. The molecule has 0 fully saturated rings. The van der Waals surface area contributed by atoms with Crippen molar-refractivity contribution in [2.75, 3.05) is 0 Å². The lowest BCUT2D eigenvalue weighted by Crippen LogP contribution is -1.92. The number of rotatable bonds is 2. The van der Waals surface area contributed by atoms with Crippen LogP contribution in [0.2, 0.25) is 0 Å². The number of imidazole rings is 1. The number of aromatic nitrogens is 4. The lowest BCUT2D eigenvalue weighted by atomic mass is 10.1. The van der Waals surface area contributed by atoms with Crippen LogP contribution in [-0.2, 0) is 7.05 Å². The zero-order valence-corrected chi connectivity index (χ0v) is 10.5. The zero-order valence-electron chi connectivity index (χ0n) is 10.5. The van der Waals surface area contributed by atoms with E-state index in [2.05, 4.69) is 15.1 Å². The van der Waals surface area contributed by atoms with Crippen molar-refractivity contribution in [3.63, 3.8) is 0 Å². The van der Waals surface area contributed by atoms with E-state index < -0.39 is 0 Å². The zero-order chi connectivity index (χ0) is 13.4. The molecule has 0 spiro atoms. The molecule has 3 rings (SSSR count). The van der Waals surface area contributed by atoms with Gasteiger partial charge < -0.3 is 14.2 Å². The summed E-state index contributed by atoms with van der Waals surface area (Å²) >= 11 is 0. The highest BCUT2D eigenvalue weighted by Gasteiger charge is 2.16. The third-order valence-electron chi connectivity index (χ3n) is 2.83. The summed E-state index contributed by atoms with van der Waals surface area (Å²) in [5.74, 6) is 1.40. The molecule has 0 atom stereocenters. The third kappa shape index (κ3) is 1.97. The van der Waals surface area contributed by atoms with E-state index in [0.717, 1.165) is 5.56 Å². The van der Waals surface area contributed by atoms with E-state index in [1.807, 2.05) is 20.0 Å².